The van der Waals surface area contributed by atoms with E-state index in [4.69, 9.17) is 0 Å². The number of nitrogens with zero attached hydrogens (tertiary/aromatic N) is 5. The molecule has 19 heavy (non-hydrogen) atoms. The van der Waals surface area contributed by atoms with Crippen LogP contribution in [0.5, 0.6) is 0 Å². The van der Waals surface area contributed by atoms with E-state index in [0.29, 0.717) is 6.54 Å². The standard InChI is InChI=1S/C11H13BrN6O/c1-17-14-6-9(16-17)5-13-10(19)11(2-3-11)18-7-8(12)4-15-18/h4,6-7H,2-3,5H2,1H3,(H,13,19). The summed E-state index contributed by atoms with van der Waals surface area (Å²) >= 11 is 3.34. The Hall–Kier alpha value is -1.70. The molecule has 1 saturated carbocycles. The average molecular weight is 325 g/mol. The summed E-state index contributed by atoms with van der Waals surface area (Å²) < 4.78 is 2.60. The first-order valence-corrected chi connectivity index (χ1v) is 6.74. The molecule has 3 rings (SSSR count). The molecule has 0 aromatic carbocycles. The summed E-state index contributed by atoms with van der Waals surface area (Å²) in [6.07, 6.45) is 6.79. The number of nitrogens with one attached hydrogen (secondary N) is 1. The number of amides is 1. The Bertz CT molecular complexity index is 614. The molecule has 1 aliphatic carbocycles. The van der Waals surface area contributed by atoms with Crippen LogP contribution in [0.15, 0.2) is 23.1 Å². The van der Waals surface area contributed by atoms with E-state index in [0.717, 1.165) is 23.0 Å². The Kier molecular flexibility index (Phi) is 2.89. The van der Waals surface area contributed by atoms with Crippen molar-refractivity contribution in [3.05, 3.63) is 28.8 Å². The molecule has 100 valence electrons. The van der Waals surface area contributed by atoms with Gasteiger partial charge in [-0.25, -0.2) is 0 Å². The third-order valence-corrected chi connectivity index (χ3v) is 3.62. The van der Waals surface area contributed by atoms with Crippen LogP contribution in [0.25, 0.3) is 0 Å². The number of hydrogen-bond donors (Lipinski definition) is 1. The third kappa shape index (κ3) is 2.27. The molecule has 2 aromatic rings. The van der Waals surface area contributed by atoms with Crippen LogP contribution in [0, 0.1) is 0 Å². The highest BCUT2D eigenvalue weighted by molar-refractivity contribution is 9.10. The smallest absolute Gasteiger partial charge is 0.248 e. The van der Waals surface area contributed by atoms with Crippen molar-refractivity contribution in [3.63, 3.8) is 0 Å². The number of aromatic nitrogens is 5. The Balaban J connectivity index is 1.67. The van der Waals surface area contributed by atoms with Crippen LogP contribution in [0.1, 0.15) is 18.5 Å². The molecule has 0 spiro atoms. The van der Waals surface area contributed by atoms with E-state index in [2.05, 4.69) is 36.5 Å². The summed E-state index contributed by atoms with van der Waals surface area (Å²) in [6, 6.07) is 0. The maximum atomic E-state index is 12.3. The Labute approximate surface area is 118 Å². The number of hydrogen-bond acceptors (Lipinski definition) is 4. The molecule has 1 aliphatic rings. The van der Waals surface area contributed by atoms with Crippen LogP contribution in [0.4, 0.5) is 0 Å². The SMILES string of the molecule is Cn1ncc(CNC(=O)C2(n3cc(Br)cn3)CC2)n1. The second-order valence-corrected chi connectivity index (χ2v) is 5.56. The molecule has 1 fully saturated rings. The van der Waals surface area contributed by atoms with Gasteiger partial charge in [0.2, 0.25) is 5.91 Å². The van der Waals surface area contributed by atoms with Gasteiger partial charge >= 0.3 is 0 Å². The molecule has 0 aliphatic heterocycles. The lowest BCUT2D eigenvalue weighted by Crippen LogP contribution is -2.38. The van der Waals surface area contributed by atoms with Crippen LogP contribution in [0.2, 0.25) is 0 Å². The van der Waals surface area contributed by atoms with Crippen molar-refractivity contribution in [1.29, 1.82) is 0 Å². The monoisotopic (exact) mass is 324 g/mol. The summed E-state index contributed by atoms with van der Waals surface area (Å²) in [5.41, 5.74) is 0.224. The predicted octanol–water partition coefficient (Wildman–Crippen LogP) is 0.580. The number of carbonyl (C=O) groups is 1. The lowest BCUT2D eigenvalue weighted by atomic mass is 10.2. The summed E-state index contributed by atoms with van der Waals surface area (Å²) in [5.74, 6) is -0.0197. The molecule has 0 atom stereocenters. The quantitative estimate of drug-likeness (QED) is 0.892. The van der Waals surface area contributed by atoms with Gasteiger partial charge in [0.25, 0.3) is 0 Å². The van der Waals surface area contributed by atoms with E-state index in [-0.39, 0.29) is 5.91 Å². The van der Waals surface area contributed by atoms with E-state index in [1.807, 2.05) is 6.20 Å². The molecular formula is C11H13BrN6O. The van der Waals surface area contributed by atoms with Gasteiger partial charge in [0, 0.05) is 13.2 Å². The molecule has 8 heteroatoms. The minimum absolute atomic E-state index is 0.0197. The van der Waals surface area contributed by atoms with E-state index < -0.39 is 5.54 Å². The summed E-state index contributed by atoms with van der Waals surface area (Å²) in [7, 11) is 1.75. The first kappa shape index (κ1) is 12.3. The van der Waals surface area contributed by atoms with Crippen molar-refractivity contribution in [1.82, 2.24) is 30.1 Å². The average Bonchev–Trinajstić information content (AvgIpc) is 2.92. The van der Waals surface area contributed by atoms with Crippen molar-refractivity contribution >= 4 is 21.8 Å². The fraction of sp³-hybridized carbons (Fsp3) is 0.455. The first-order valence-electron chi connectivity index (χ1n) is 5.94. The second kappa shape index (κ2) is 4.44. The lowest BCUT2D eigenvalue weighted by Gasteiger charge is -2.15. The minimum atomic E-state index is -0.520. The van der Waals surface area contributed by atoms with Crippen LogP contribution < -0.4 is 5.32 Å². The van der Waals surface area contributed by atoms with Gasteiger partial charge in [0.05, 0.1) is 23.4 Å². The van der Waals surface area contributed by atoms with Crippen LogP contribution in [-0.2, 0) is 23.9 Å². The zero-order valence-electron chi connectivity index (χ0n) is 10.4. The highest BCUT2D eigenvalue weighted by Crippen LogP contribution is 2.43. The third-order valence-electron chi connectivity index (χ3n) is 3.21. The Morgan fingerprint density at radius 3 is 2.79 bits per heavy atom. The van der Waals surface area contributed by atoms with Gasteiger partial charge in [-0.15, -0.1) is 0 Å². The van der Waals surface area contributed by atoms with E-state index in [9.17, 15) is 4.79 Å². The summed E-state index contributed by atoms with van der Waals surface area (Å²) in [5, 5.41) is 15.2. The van der Waals surface area contributed by atoms with Crippen molar-refractivity contribution in [3.8, 4) is 0 Å². The Morgan fingerprint density at radius 1 is 1.47 bits per heavy atom. The fourth-order valence-corrected chi connectivity index (χ4v) is 2.30. The summed E-state index contributed by atoms with van der Waals surface area (Å²) in [6.45, 7) is 0.386. The topological polar surface area (TPSA) is 77.6 Å². The zero-order valence-corrected chi connectivity index (χ0v) is 12.0. The van der Waals surface area contributed by atoms with Gasteiger partial charge in [-0.3, -0.25) is 9.48 Å². The van der Waals surface area contributed by atoms with E-state index >= 15 is 0 Å². The maximum Gasteiger partial charge on any atom is 0.248 e. The van der Waals surface area contributed by atoms with Crippen molar-refractivity contribution in [2.45, 2.75) is 24.9 Å². The van der Waals surface area contributed by atoms with Crippen molar-refractivity contribution < 1.29 is 4.79 Å². The zero-order chi connectivity index (χ0) is 13.5. The molecule has 0 saturated heterocycles. The number of carbonyl (C=O) groups excluding carboxylic acids is 1. The van der Waals surface area contributed by atoms with Crippen LogP contribution in [0.3, 0.4) is 0 Å². The number of rotatable bonds is 4. The van der Waals surface area contributed by atoms with Gasteiger partial charge in [0.15, 0.2) is 0 Å². The number of halogens is 1. The molecule has 1 N–H and O–H groups in total. The minimum Gasteiger partial charge on any atom is -0.348 e. The van der Waals surface area contributed by atoms with Gasteiger partial charge in [0.1, 0.15) is 11.2 Å². The van der Waals surface area contributed by atoms with E-state index in [1.54, 1.807) is 24.1 Å². The van der Waals surface area contributed by atoms with Gasteiger partial charge in [-0.05, 0) is 28.8 Å². The molecule has 0 unspecified atom stereocenters. The predicted molar refractivity (Wildman–Crippen MR) is 70.0 cm³/mol. The normalized spacial score (nSPS) is 16.3. The van der Waals surface area contributed by atoms with Crippen LogP contribution >= 0.6 is 15.9 Å². The van der Waals surface area contributed by atoms with E-state index in [1.165, 1.54) is 4.80 Å². The molecule has 1 amide bonds. The molecule has 2 aromatic heterocycles. The first-order chi connectivity index (χ1) is 9.10. The lowest BCUT2D eigenvalue weighted by molar-refractivity contribution is -0.126. The van der Waals surface area contributed by atoms with Gasteiger partial charge in [-0.1, -0.05) is 0 Å². The maximum absolute atomic E-state index is 12.3. The highest BCUT2D eigenvalue weighted by atomic mass is 79.9. The summed E-state index contributed by atoms with van der Waals surface area (Å²) in [4.78, 5) is 13.7. The Morgan fingerprint density at radius 2 is 2.26 bits per heavy atom. The van der Waals surface area contributed by atoms with Crippen LogP contribution in [-0.4, -0.2) is 30.7 Å². The number of aryl methyl sites for hydroxylation is 1. The molecule has 2 heterocycles. The second-order valence-electron chi connectivity index (χ2n) is 4.64. The molecule has 0 radical (unpaired) electrons. The van der Waals surface area contributed by atoms with Gasteiger partial charge < -0.3 is 5.32 Å². The largest absolute Gasteiger partial charge is 0.348 e. The molecule has 0 bridgehead atoms. The van der Waals surface area contributed by atoms with Crippen molar-refractivity contribution in [2.24, 2.45) is 7.05 Å². The van der Waals surface area contributed by atoms with Gasteiger partial charge in [-0.2, -0.15) is 20.1 Å². The highest BCUT2D eigenvalue weighted by Gasteiger charge is 2.52. The molecular weight excluding hydrogens is 312 g/mol. The fourth-order valence-electron chi connectivity index (χ4n) is 2.02. The van der Waals surface area contributed by atoms with Crippen molar-refractivity contribution in [2.75, 3.05) is 0 Å². The molecule has 7 nitrogen and oxygen atoms in total.